The van der Waals surface area contributed by atoms with E-state index in [2.05, 4.69) is 27.1 Å². The van der Waals surface area contributed by atoms with Gasteiger partial charge < -0.3 is 25.4 Å². The number of aromatic nitrogens is 2. The van der Waals surface area contributed by atoms with Gasteiger partial charge in [-0.1, -0.05) is 13.3 Å². The lowest BCUT2D eigenvalue weighted by Gasteiger charge is -2.21. The molecule has 1 aromatic carbocycles. The van der Waals surface area contributed by atoms with Gasteiger partial charge in [0.05, 0.1) is 0 Å². The first-order valence-corrected chi connectivity index (χ1v) is 8.17. The number of unbranched alkanes of at least 4 members (excludes halogenated alkanes) is 1. The van der Waals surface area contributed by atoms with E-state index >= 15 is 0 Å². The molecule has 0 amide bonds. The van der Waals surface area contributed by atoms with Crippen LogP contribution in [0.4, 0.5) is 23.0 Å². The lowest BCUT2D eigenvalue weighted by molar-refractivity contribution is 0.171. The number of hydrogen-bond donors (Lipinski definition) is 2. The number of nitrogens with two attached hydrogens (primary N) is 1. The zero-order valence-electron chi connectivity index (χ0n) is 14.1. The molecule has 7 heteroatoms. The maximum atomic E-state index is 6.26. The fraction of sp³-hybridized carbons (Fsp3) is 0.412. The van der Waals surface area contributed by atoms with Gasteiger partial charge >= 0.3 is 0 Å². The Balaban J connectivity index is 1.80. The summed E-state index contributed by atoms with van der Waals surface area (Å²) in [6, 6.07) is 5.68. The molecule has 0 unspecified atom stereocenters. The first-order chi connectivity index (χ1) is 11.7. The maximum Gasteiger partial charge on any atom is 0.163 e. The van der Waals surface area contributed by atoms with E-state index in [1.807, 2.05) is 25.2 Å². The van der Waals surface area contributed by atoms with Crippen LogP contribution in [0.2, 0.25) is 0 Å². The number of hydrogen-bond acceptors (Lipinski definition) is 7. The molecule has 1 aliphatic heterocycles. The minimum Gasteiger partial charge on any atom is -0.486 e. The van der Waals surface area contributed by atoms with Gasteiger partial charge in [-0.05, 0) is 18.6 Å². The molecule has 0 fully saturated rings. The normalized spacial score (nSPS) is 12.8. The Morgan fingerprint density at radius 2 is 2.00 bits per heavy atom. The molecule has 3 rings (SSSR count). The van der Waals surface area contributed by atoms with Gasteiger partial charge in [-0.2, -0.15) is 0 Å². The van der Waals surface area contributed by atoms with E-state index in [0.717, 1.165) is 42.4 Å². The Bertz CT molecular complexity index is 707. The number of rotatable bonds is 6. The predicted molar refractivity (Wildman–Crippen MR) is 95.3 cm³/mol. The van der Waals surface area contributed by atoms with E-state index < -0.39 is 0 Å². The summed E-state index contributed by atoms with van der Waals surface area (Å²) in [6.45, 7) is 4.19. The summed E-state index contributed by atoms with van der Waals surface area (Å²) in [7, 11) is 1.99. The Kier molecular flexibility index (Phi) is 4.88. The fourth-order valence-corrected chi connectivity index (χ4v) is 2.55. The Morgan fingerprint density at radius 3 is 2.79 bits per heavy atom. The smallest absolute Gasteiger partial charge is 0.163 e. The molecule has 0 bridgehead atoms. The third kappa shape index (κ3) is 3.45. The van der Waals surface area contributed by atoms with Crippen molar-refractivity contribution < 1.29 is 9.47 Å². The Hall–Kier alpha value is -2.70. The number of nitrogens with one attached hydrogen (secondary N) is 1. The van der Waals surface area contributed by atoms with Crippen LogP contribution in [0.15, 0.2) is 24.5 Å². The molecule has 1 aromatic heterocycles. The first kappa shape index (κ1) is 16.2. The zero-order valence-corrected chi connectivity index (χ0v) is 14.1. The van der Waals surface area contributed by atoms with Crippen molar-refractivity contribution in [1.29, 1.82) is 0 Å². The van der Waals surface area contributed by atoms with Crippen LogP contribution >= 0.6 is 0 Å². The molecule has 0 aliphatic carbocycles. The second kappa shape index (κ2) is 7.25. The lowest BCUT2D eigenvalue weighted by Crippen LogP contribution is -2.21. The number of anilines is 4. The molecule has 0 radical (unpaired) electrons. The van der Waals surface area contributed by atoms with Crippen LogP contribution in [0.1, 0.15) is 19.8 Å². The molecule has 2 heterocycles. The van der Waals surface area contributed by atoms with E-state index in [4.69, 9.17) is 15.2 Å². The van der Waals surface area contributed by atoms with Gasteiger partial charge in [-0.3, -0.25) is 0 Å². The molecule has 3 N–H and O–H groups in total. The van der Waals surface area contributed by atoms with E-state index in [9.17, 15) is 0 Å². The van der Waals surface area contributed by atoms with Crippen LogP contribution in [0.5, 0.6) is 11.5 Å². The van der Waals surface area contributed by atoms with Crippen LogP contribution in [0.25, 0.3) is 0 Å². The summed E-state index contributed by atoms with van der Waals surface area (Å²) in [5.74, 6) is 2.79. The molecule has 128 valence electrons. The highest BCUT2D eigenvalue weighted by molar-refractivity contribution is 5.78. The molecule has 0 spiro atoms. The van der Waals surface area contributed by atoms with E-state index in [0.29, 0.717) is 24.7 Å². The summed E-state index contributed by atoms with van der Waals surface area (Å²) in [5, 5.41) is 3.24. The van der Waals surface area contributed by atoms with Gasteiger partial charge in [0, 0.05) is 25.3 Å². The largest absolute Gasteiger partial charge is 0.486 e. The van der Waals surface area contributed by atoms with Crippen molar-refractivity contribution in [2.45, 2.75) is 19.8 Å². The SMILES string of the molecule is CCCCN(C)c1ncnc(Nc2ccc3c(c2)OCCO3)c1N. The second-order valence-corrected chi connectivity index (χ2v) is 5.72. The number of nitrogens with zero attached hydrogens (tertiary/aromatic N) is 3. The molecule has 2 aromatic rings. The van der Waals surface area contributed by atoms with Crippen LogP contribution in [0, 0.1) is 0 Å². The average Bonchev–Trinajstić information content (AvgIpc) is 2.61. The van der Waals surface area contributed by atoms with Crippen molar-refractivity contribution >= 4 is 23.0 Å². The Morgan fingerprint density at radius 1 is 1.21 bits per heavy atom. The molecule has 7 nitrogen and oxygen atoms in total. The summed E-state index contributed by atoms with van der Waals surface area (Å²) < 4.78 is 11.1. The lowest BCUT2D eigenvalue weighted by atomic mass is 10.2. The van der Waals surface area contributed by atoms with Crippen molar-refractivity contribution in [2.75, 3.05) is 42.8 Å². The van der Waals surface area contributed by atoms with Gasteiger partial charge in [0.15, 0.2) is 23.1 Å². The number of nitrogen functional groups attached to an aromatic ring is 1. The minimum atomic E-state index is 0.533. The molecule has 1 aliphatic rings. The fourth-order valence-electron chi connectivity index (χ4n) is 2.55. The first-order valence-electron chi connectivity index (χ1n) is 8.17. The third-order valence-electron chi connectivity index (χ3n) is 3.88. The second-order valence-electron chi connectivity index (χ2n) is 5.72. The predicted octanol–water partition coefficient (Wildman–Crippen LogP) is 2.81. The van der Waals surface area contributed by atoms with Crippen molar-refractivity contribution in [3.63, 3.8) is 0 Å². The number of ether oxygens (including phenoxy) is 2. The summed E-state index contributed by atoms with van der Waals surface area (Å²) in [5.41, 5.74) is 7.63. The van der Waals surface area contributed by atoms with Gasteiger partial charge in [-0.15, -0.1) is 0 Å². The van der Waals surface area contributed by atoms with Crippen LogP contribution in [-0.2, 0) is 0 Å². The highest BCUT2D eigenvalue weighted by Gasteiger charge is 2.15. The Labute approximate surface area is 141 Å². The summed E-state index contributed by atoms with van der Waals surface area (Å²) >= 11 is 0. The van der Waals surface area contributed by atoms with Crippen LogP contribution < -0.4 is 25.4 Å². The van der Waals surface area contributed by atoms with E-state index in [-0.39, 0.29) is 0 Å². The maximum absolute atomic E-state index is 6.26. The van der Waals surface area contributed by atoms with E-state index in [1.54, 1.807) is 0 Å². The molecule has 0 saturated heterocycles. The molecule has 0 saturated carbocycles. The number of fused-ring (bicyclic) bond motifs is 1. The molecule has 0 atom stereocenters. The average molecular weight is 329 g/mol. The van der Waals surface area contributed by atoms with Crippen molar-refractivity contribution in [2.24, 2.45) is 0 Å². The quantitative estimate of drug-likeness (QED) is 0.843. The van der Waals surface area contributed by atoms with Crippen molar-refractivity contribution in [3.8, 4) is 11.5 Å². The van der Waals surface area contributed by atoms with Gasteiger partial charge in [-0.25, -0.2) is 9.97 Å². The van der Waals surface area contributed by atoms with E-state index in [1.165, 1.54) is 6.33 Å². The summed E-state index contributed by atoms with van der Waals surface area (Å²) in [6.07, 6.45) is 3.73. The number of benzene rings is 1. The highest BCUT2D eigenvalue weighted by Crippen LogP contribution is 2.35. The zero-order chi connectivity index (χ0) is 16.9. The van der Waals surface area contributed by atoms with Crippen molar-refractivity contribution in [3.05, 3.63) is 24.5 Å². The van der Waals surface area contributed by atoms with Gasteiger partial charge in [0.2, 0.25) is 0 Å². The standard InChI is InChI=1S/C17H23N5O2/c1-3-4-7-22(2)17-15(18)16(19-11-20-17)21-12-5-6-13-14(10-12)24-9-8-23-13/h5-6,10-11H,3-4,7-9,18H2,1-2H3,(H,19,20,21). The monoisotopic (exact) mass is 329 g/mol. The topological polar surface area (TPSA) is 85.5 Å². The highest BCUT2D eigenvalue weighted by atomic mass is 16.6. The van der Waals surface area contributed by atoms with Crippen LogP contribution in [-0.4, -0.2) is 36.8 Å². The third-order valence-corrected chi connectivity index (χ3v) is 3.88. The minimum absolute atomic E-state index is 0.533. The summed E-state index contributed by atoms with van der Waals surface area (Å²) in [4.78, 5) is 10.6. The van der Waals surface area contributed by atoms with Gasteiger partial charge in [0.25, 0.3) is 0 Å². The van der Waals surface area contributed by atoms with Crippen LogP contribution in [0.3, 0.4) is 0 Å². The molecular weight excluding hydrogens is 306 g/mol. The van der Waals surface area contributed by atoms with Crippen molar-refractivity contribution in [1.82, 2.24) is 9.97 Å². The molecular formula is C17H23N5O2. The van der Waals surface area contributed by atoms with Gasteiger partial charge in [0.1, 0.15) is 25.2 Å². The molecule has 24 heavy (non-hydrogen) atoms.